The zero-order valence-corrected chi connectivity index (χ0v) is 19.0. The Hall–Kier alpha value is -4.64. The Kier molecular flexibility index (Phi) is 9.40. The molecule has 0 saturated carbocycles. The number of nitrogens with one attached hydrogen (secondary N) is 1. The first-order valence-corrected chi connectivity index (χ1v) is 11.0. The molecule has 3 aromatic carbocycles. The van der Waals surface area contributed by atoms with Gasteiger partial charge in [0.25, 0.3) is 5.91 Å². The highest BCUT2D eigenvalue weighted by Gasteiger charge is 2.25. The highest BCUT2D eigenvalue weighted by molar-refractivity contribution is 5.96. The number of rotatable bonds is 10. The Morgan fingerprint density at radius 2 is 1.40 bits per heavy atom. The number of nitrogens with zero attached hydrogens (tertiary/aromatic N) is 2. The van der Waals surface area contributed by atoms with E-state index in [0.717, 1.165) is 11.1 Å². The van der Waals surface area contributed by atoms with Gasteiger partial charge in [-0.25, -0.2) is 9.59 Å². The summed E-state index contributed by atoms with van der Waals surface area (Å²) in [6, 6.07) is 27.7. The van der Waals surface area contributed by atoms with Gasteiger partial charge in [0.2, 0.25) is 0 Å². The third-order valence-electron chi connectivity index (χ3n) is 5.01. The summed E-state index contributed by atoms with van der Waals surface area (Å²) >= 11 is 0. The lowest BCUT2D eigenvalue weighted by atomic mass is 10.1. The first-order valence-electron chi connectivity index (χ1n) is 11.0. The maximum absolute atomic E-state index is 12.9. The van der Waals surface area contributed by atoms with Gasteiger partial charge in [0.15, 0.2) is 6.61 Å². The summed E-state index contributed by atoms with van der Waals surface area (Å²) in [5, 5.41) is 11.6. The second kappa shape index (κ2) is 13.2. The van der Waals surface area contributed by atoms with Gasteiger partial charge in [0.1, 0.15) is 19.2 Å². The van der Waals surface area contributed by atoms with Crippen molar-refractivity contribution in [2.75, 3.05) is 18.1 Å². The molecular weight excluding hydrogens is 446 g/mol. The van der Waals surface area contributed by atoms with E-state index >= 15 is 0 Å². The molecule has 0 bridgehead atoms. The largest absolute Gasteiger partial charge is 0.454 e. The molecule has 178 valence electrons. The fraction of sp³-hybridized carbons (Fsp3) is 0.185. The van der Waals surface area contributed by atoms with Crippen LogP contribution in [0.5, 0.6) is 0 Å². The van der Waals surface area contributed by atoms with Gasteiger partial charge in [-0.15, -0.1) is 0 Å². The van der Waals surface area contributed by atoms with E-state index in [1.165, 1.54) is 4.90 Å². The van der Waals surface area contributed by atoms with Gasteiger partial charge < -0.3 is 14.8 Å². The molecule has 8 heteroatoms. The molecule has 0 radical (unpaired) electrons. The maximum Gasteiger partial charge on any atom is 0.408 e. The fourth-order valence-electron chi connectivity index (χ4n) is 3.26. The third-order valence-corrected chi connectivity index (χ3v) is 5.01. The monoisotopic (exact) mass is 471 g/mol. The molecule has 0 saturated heterocycles. The van der Waals surface area contributed by atoms with Crippen LogP contribution in [0.3, 0.4) is 0 Å². The number of hydrogen-bond acceptors (Lipinski definition) is 6. The minimum absolute atomic E-state index is 0.0401. The SMILES string of the molecule is N#CCN(C(=O)COC(=O)[C@H](Cc1ccccc1)NC(=O)OCc1ccccc1)c1ccccc1. The topological polar surface area (TPSA) is 109 Å². The number of nitriles is 1. The lowest BCUT2D eigenvalue weighted by molar-refractivity contribution is -0.149. The average Bonchev–Trinajstić information content (AvgIpc) is 2.90. The number of amides is 2. The summed E-state index contributed by atoms with van der Waals surface area (Å²) in [5.41, 5.74) is 2.10. The Bertz CT molecular complexity index is 1150. The molecule has 0 heterocycles. The zero-order chi connectivity index (χ0) is 24.9. The number of hydrogen-bond donors (Lipinski definition) is 1. The van der Waals surface area contributed by atoms with Crippen molar-refractivity contribution in [1.29, 1.82) is 5.26 Å². The van der Waals surface area contributed by atoms with Crippen LogP contribution in [-0.2, 0) is 32.1 Å². The number of benzene rings is 3. The smallest absolute Gasteiger partial charge is 0.408 e. The van der Waals surface area contributed by atoms with E-state index in [0.29, 0.717) is 5.69 Å². The van der Waals surface area contributed by atoms with Crippen LogP contribution < -0.4 is 10.2 Å². The van der Waals surface area contributed by atoms with Crippen LogP contribution in [0.25, 0.3) is 0 Å². The molecule has 0 aliphatic heterocycles. The molecule has 3 aromatic rings. The fourth-order valence-corrected chi connectivity index (χ4v) is 3.26. The summed E-state index contributed by atoms with van der Waals surface area (Å²) in [4.78, 5) is 39.1. The minimum Gasteiger partial charge on any atom is -0.454 e. The highest BCUT2D eigenvalue weighted by Crippen LogP contribution is 2.13. The van der Waals surface area contributed by atoms with Crippen LogP contribution in [0.2, 0.25) is 0 Å². The lowest BCUT2D eigenvalue weighted by Gasteiger charge is -2.21. The van der Waals surface area contributed by atoms with Crippen molar-refractivity contribution in [3.63, 3.8) is 0 Å². The van der Waals surface area contributed by atoms with Gasteiger partial charge in [-0.2, -0.15) is 5.26 Å². The van der Waals surface area contributed by atoms with Crippen molar-refractivity contribution in [3.05, 3.63) is 102 Å². The molecule has 0 unspecified atom stereocenters. The number of ether oxygens (including phenoxy) is 2. The van der Waals surface area contributed by atoms with Gasteiger partial charge in [-0.3, -0.25) is 9.69 Å². The first kappa shape index (κ1) is 25.0. The molecule has 0 aromatic heterocycles. The summed E-state index contributed by atoms with van der Waals surface area (Å²) in [5.74, 6) is -1.35. The molecule has 35 heavy (non-hydrogen) atoms. The predicted octanol–water partition coefficient (Wildman–Crippen LogP) is 3.62. The molecular formula is C27H25N3O5. The summed E-state index contributed by atoms with van der Waals surface area (Å²) in [7, 11) is 0. The Labute approximate surface area is 203 Å². The van der Waals surface area contributed by atoms with Gasteiger partial charge >= 0.3 is 12.1 Å². The zero-order valence-electron chi connectivity index (χ0n) is 19.0. The number of carbonyl (C=O) groups excluding carboxylic acids is 3. The van der Waals surface area contributed by atoms with Crippen molar-refractivity contribution >= 4 is 23.7 Å². The van der Waals surface area contributed by atoms with Crippen LogP contribution in [0.4, 0.5) is 10.5 Å². The van der Waals surface area contributed by atoms with Gasteiger partial charge in [-0.05, 0) is 23.3 Å². The normalized spacial score (nSPS) is 10.9. The second-order valence-electron chi connectivity index (χ2n) is 7.53. The van der Waals surface area contributed by atoms with Crippen LogP contribution in [0.1, 0.15) is 11.1 Å². The van der Waals surface area contributed by atoms with Crippen molar-refractivity contribution in [1.82, 2.24) is 5.32 Å². The van der Waals surface area contributed by atoms with Crippen molar-refractivity contribution in [2.45, 2.75) is 19.1 Å². The maximum atomic E-state index is 12.9. The van der Waals surface area contributed by atoms with Gasteiger partial charge in [-0.1, -0.05) is 78.9 Å². The lowest BCUT2D eigenvalue weighted by Crippen LogP contribution is -2.45. The van der Waals surface area contributed by atoms with Gasteiger partial charge in [0, 0.05) is 12.1 Å². The van der Waals surface area contributed by atoms with Crippen LogP contribution in [0, 0.1) is 11.3 Å². The van der Waals surface area contributed by atoms with E-state index in [1.54, 1.807) is 30.3 Å². The number of anilines is 1. The van der Waals surface area contributed by atoms with Crippen molar-refractivity contribution < 1.29 is 23.9 Å². The second-order valence-corrected chi connectivity index (χ2v) is 7.53. The Morgan fingerprint density at radius 3 is 2.00 bits per heavy atom. The quantitative estimate of drug-likeness (QED) is 0.357. The molecule has 8 nitrogen and oxygen atoms in total. The molecule has 1 N–H and O–H groups in total. The number of alkyl carbamates (subject to hydrolysis) is 1. The standard InChI is InChI=1S/C27H25N3O5/c28-16-17-30(23-14-8-3-9-15-23)25(31)20-34-26(32)24(18-21-10-4-1-5-11-21)29-27(33)35-19-22-12-6-2-7-13-22/h1-15,24H,17-20H2,(H,29,33)/t24-/m0/s1. The summed E-state index contributed by atoms with van der Waals surface area (Å²) < 4.78 is 10.5. The minimum atomic E-state index is -1.07. The molecule has 2 amide bonds. The molecule has 0 aliphatic carbocycles. The van der Waals surface area contributed by atoms with E-state index in [4.69, 9.17) is 14.7 Å². The Morgan fingerprint density at radius 1 is 0.829 bits per heavy atom. The number of esters is 1. The van der Waals surface area contributed by atoms with Crippen LogP contribution >= 0.6 is 0 Å². The van der Waals surface area contributed by atoms with Crippen molar-refractivity contribution in [2.24, 2.45) is 0 Å². The number of carbonyl (C=O) groups is 3. The third kappa shape index (κ3) is 8.02. The van der Waals surface area contributed by atoms with Crippen LogP contribution in [-0.4, -0.2) is 37.2 Å². The summed E-state index contributed by atoms with van der Waals surface area (Å²) in [6.07, 6.45) is -0.636. The highest BCUT2D eigenvalue weighted by atomic mass is 16.6. The molecule has 0 aliphatic rings. The molecule has 1 atom stereocenters. The average molecular weight is 472 g/mol. The molecule has 3 rings (SSSR count). The van der Waals surface area contributed by atoms with E-state index in [2.05, 4.69) is 5.32 Å². The number of para-hydroxylation sites is 1. The Balaban J connectivity index is 1.63. The van der Waals surface area contributed by atoms with E-state index < -0.39 is 30.6 Å². The van der Waals surface area contributed by atoms with Crippen LogP contribution in [0.15, 0.2) is 91.0 Å². The van der Waals surface area contributed by atoms with Gasteiger partial charge in [0.05, 0.1) is 6.07 Å². The van der Waals surface area contributed by atoms with E-state index in [1.807, 2.05) is 66.7 Å². The summed E-state index contributed by atoms with van der Waals surface area (Å²) in [6.45, 7) is -0.738. The van der Waals surface area contributed by atoms with E-state index in [9.17, 15) is 14.4 Å². The predicted molar refractivity (Wildman–Crippen MR) is 129 cm³/mol. The molecule has 0 fully saturated rings. The van der Waals surface area contributed by atoms with E-state index in [-0.39, 0.29) is 19.6 Å². The van der Waals surface area contributed by atoms with Crippen molar-refractivity contribution in [3.8, 4) is 6.07 Å². The first-order chi connectivity index (χ1) is 17.1. The molecule has 0 spiro atoms.